The molecule has 0 aromatic heterocycles. The zero-order valence-corrected chi connectivity index (χ0v) is 10.5. The summed E-state index contributed by atoms with van der Waals surface area (Å²) >= 11 is 0. The lowest BCUT2D eigenvalue weighted by atomic mass is 10.1. The summed E-state index contributed by atoms with van der Waals surface area (Å²) in [5, 5.41) is 0. The molecule has 18 heavy (non-hydrogen) atoms. The van der Waals surface area contributed by atoms with Crippen molar-refractivity contribution in [1.29, 1.82) is 0 Å². The quantitative estimate of drug-likeness (QED) is 0.895. The average Bonchev–Trinajstić information content (AvgIpc) is 2.26. The minimum absolute atomic E-state index is 0.293. The summed E-state index contributed by atoms with van der Waals surface area (Å²) in [7, 11) is 0. The highest BCUT2D eigenvalue weighted by molar-refractivity contribution is 5.38. The number of aryl methyl sites for hydroxylation is 2. The molecule has 0 saturated carbocycles. The maximum atomic E-state index is 13.3. The van der Waals surface area contributed by atoms with Gasteiger partial charge in [0, 0.05) is 12.6 Å². The fourth-order valence-electron chi connectivity index (χ4n) is 1.93. The van der Waals surface area contributed by atoms with Crippen LogP contribution >= 0.6 is 0 Å². The van der Waals surface area contributed by atoms with E-state index in [1.165, 1.54) is 12.1 Å². The third-order valence-electron chi connectivity index (χ3n) is 2.60. The van der Waals surface area contributed by atoms with Crippen LogP contribution in [0.25, 0.3) is 0 Å². The molecular formula is C15H16FNO. The topological polar surface area (TPSA) is 35.2 Å². The summed E-state index contributed by atoms with van der Waals surface area (Å²) in [5.74, 6) is 0.846. The van der Waals surface area contributed by atoms with Crippen molar-refractivity contribution in [3.63, 3.8) is 0 Å². The molecule has 0 aliphatic carbocycles. The van der Waals surface area contributed by atoms with Crippen molar-refractivity contribution in [3.8, 4) is 11.5 Å². The third-order valence-corrected chi connectivity index (χ3v) is 2.60. The van der Waals surface area contributed by atoms with E-state index >= 15 is 0 Å². The smallest absolute Gasteiger partial charge is 0.130 e. The van der Waals surface area contributed by atoms with Crippen LogP contribution in [-0.4, -0.2) is 0 Å². The molecule has 2 aromatic carbocycles. The lowest BCUT2D eigenvalue weighted by molar-refractivity contribution is 0.475. The van der Waals surface area contributed by atoms with E-state index in [0.29, 0.717) is 18.0 Å². The average molecular weight is 245 g/mol. The van der Waals surface area contributed by atoms with Crippen LogP contribution in [0.1, 0.15) is 16.7 Å². The zero-order chi connectivity index (χ0) is 13.1. The minimum Gasteiger partial charge on any atom is -0.457 e. The van der Waals surface area contributed by atoms with Crippen molar-refractivity contribution in [1.82, 2.24) is 0 Å². The Hall–Kier alpha value is -1.87. The molecule has 0 bridgehead atoms. The first-order chi connectivity index (χ1) is 8.56. The Kier molecular flexibility index (Phi) is 3.63. The van der Waals surface area contributed by atoms with E-state index in [2.05, 4.69) is 6.07 Å². The second-order valence-electron chi connectivity index (χ2n) is 4.42. The minimum atomic E-state index is -0.336. The monoisotopic (exact) mass is 245 g/mol. The SMILES string of the molecule is Cc1cc(C)cc(Oc2cc(F)cc(CN)c2)c1. The molecule has 2 N–H and O–H groups in total. The molecule has 0 radical (unpaired) electrons. The standard InChI is InChI=1S/C15H16FNO/c1-10-3-11(2)5-14(4-10)18-15-7-12(9-17)6-13(16)8-15/h3-8H,9,17H2,1-2H3. The number of hydrogen-bond acceptors (Lipinski definition) is 2. The predicted molar refractivity (Wildman–Crippen MR) is 70.3 cm³/mol. The molecule has 0 unspecified atom stereocenters. The van der Waals surface area contributed by atoms with Crippen LogP contribution in [-0.2, 0) is 6.54 Å². The van der Waals surface area contributed by atoms with Crippen molar-refractivity contribution in [2.45, 2.75) is 20.4 Å². The van der Waals surface area contributed by atoms with Gasteiger partial charge in [-0.15, -0.1) is 0 Å². The molecule has 0 amide bonds. The molecule has 94 valence electrons. The molecule has 0 fully saturated rings. The Balaban J connectivity index is 2.30. The maximum Gasteiger partial charge on any atom is 0.130 e. The molecule has 2 rings (SSSR count). The Morgan fingerprint density at radius 3 is 2.17 bits per heavy atom. The van der Waals surface area contributed by atoms with Crippen molar-refractivity contribution >= 4 is 0 Å². The van der Waals surface area contributed by atoms with Gasteiger partial charge < -0.3 is 10.5 Å². The van der Waals surface area contributed by atoms with Crippen molar-refractivity contribution < 1.29 is 9.13 Å². The highest BCUT2D eigenvalue weighted by atomic mass is 19.1. The summed E-state index contributed by atoms with van der Waals surface area (Å²) in [6.07, 6.45) is 0. The van der Waals surface area contributed by atoms with Crippen LogP contribution < -0.4 is 10.5 Å². The molecule has 0 heterocycles. The number of hydrogen-bond donors (Lipinski definition) is 1. The van der Waals surface area contributed by atoms with Gasteiger partial charge in [0.05, 0.1) is 0 Å². The number of nitrogens with two attached hydrogens (primary N) is 1. The Morgan fingerprint density at radius 2 is 1.56 bits per heavy atom. The van der Waals surface area contributed by atoms with E-state index in [-0.39, 0.29) is 5.82 Å². The van der Waals surface area contributed by atoms with Crippen molar-refractivity contribution in [3.05, 3.63) is 58.9 Å². The van der Waals surface area contributed by atoms with Crippen molar-refractivity contribution in [2.24, 2.45) is 5.73 Å². The van der Waals surface area contributed by atoms with E-state index in [1.54, 1.807) is 6.07 Å². The molecule has 0 saturated heterocycles. The zero-order valence-electron chi connectivity index (χ0n) is 10.5. The Morgan fingerprint density at radius 1 is 0.944 bits per heavy atom. The van der Waals surface area contributed by atoms with Crippen LogP contribution in [0.15, 0.2) is 36.4 Å². The number of benzene rings is 2. The van der Waals surface area contributed by atoms with Gasteiger partial charge in [0.1, 0.15) is 17.3 Å². The summed E-state index contributed by atoms with van der Waals surface area (Å²) in [6.45, 7) is 4.29. The largest absolute Gasteiger partial charge is 0.457 e. The normalized spacial score (nSPS) is 10.4. The van der Waals surface area contributed by atoms with Gasteiger partial charge in [-0.05, 0) is 54.8 Å². The van der Waals surface area contributed by atoms with Crippen LogP contribution in [0.2, 0.25) is 0 Å². The molecule has 2 aromatic rings. The van der Waals surface area contributed by atoms with E-state index in [0.717, 1.165) is 16.7 Å². The van der Waals surface area contributed by atoms with E-state index in [1.807, 2.05) is 26.0 Å². The lowest BCUT2D eigenvalue weighted by Gasteiger charge is -2.09. The van der Waals surface area contributed by atoms with E-state index < -0.39 is 0 Å². The first kappa shape index (κ1) is 12.6. The second-order valence-corrected chi connectivity index (χ2v) is 4.42. The van der Waals surface area contributed by atoms with E-state index in [9.17, 15) is 4.39 Å². The number of rotatable bonds is 3. The van der Waals surface area contributed by atoms with Crippen LogP contribution in [0.5, 0.6) is 11.5 Å². The molecule has 0 atom stereocenters. The van der Waals surface area contributed by atoms with Gasteiger partial charge in [-0.1, -0.05) is 6.07 Å². The molecule has 2 nitrogen and oxygen atoms in total. The highest BCUT2D eigenvalue weighted by Gasteiger charge is 2.03. The van der Waals surface area contributed by atoms with Crippen LogP contribution in [0.3, 0.4) is 0 Å². The molecule has 3 heteroatoms. The van der Waals surface area contributed by atoms with E-state index in [4.69, 9.17) is 10.5 Å². The maximum absolute atomic E-state index is 13.3. The third kappa shape index (κ3) is 3.08. The fraction of sp³-hybridized carbons (Fsp3) is 0.200. The molecule has 0 spiro atoms. The van der Waals surface area contributed by atoms with Crippen LogP contribution in [0.4, 0.5) is 4.39 Å². The van der Waals surface area contributed by atoms with Crippen molar-refractivity contribution in [2.75, 3.05) is 0 Å². The van der Waals surface area contributed by atoms with Gasteiger partial charge in [-0.3, -0.25) is 0 Å². The van der Waals surface area contributed by atoms with Gasteiger partial charge >= 0.3 is 0 Å². The summed E-state index contributed by atoms with van der Waals surface area (Å²) in [5.41, 5.74) is 8.45. The van der Waals surface area contributed by atoms with Gasteiger partial charge in [0.15, 0.2) is 0 Å². The Bertz CT molecular complexity index is 546. The lowest BCUT2D eigenvalue weighted by Crippen LogP contribution is -1.97. The fourth-order valence-corrected chi connectivity index (χ4v) is 1.93. The first-order valence-corrected chi connectivity index (χ1v) is 5.82. The Labute approximate surface area is 106 Å². The summed E-state index contributed by atoms with van der Waals surface area (Å²) in [6, 6.07) is 10.4. The highest BCUT2D eigenvalue weighted by Crippen LogP contribution is 2.25. The molecular weight excluding hydrogens is 229 g/mol. The first-order valence-electron chi connectivity index (χ1n) is 5.82. The second kappa shape index (κ2) is 5.19. The summed E-state index contributed by atoms with van der Waals surface area (Å²) < 4.78 is 19.0. The van der Waals surface area contributed by atoms with Crippen LogP contribution in [0, 0.1) is 19.7 Å². The molecule has 0 aliphatic rings. The van der Waals surface area contributed by atoms with Gasteiger partial charge in [-0.25, -0.2) is 4.39 Å². The predicted octanol–water partition coefficient (Wildman–Crippen LogP) is 3.69. The molecule has 0 aliphatic heterocycles. The van der Waals surface area contributed by atoms with Gasteiger partial charge in [-0.2, -0.15) is 0 Å². The van der Waals surface area contributed by atoms with Gasteiger partial charge in [0.25, 0.3) is 0 Å². The summed E-state index contributed by atoms with van der Waals surface area (Å²) in [4.78, 5) is 0. The number of halogens is 1. The van der Waals surface area contributed by atoms with Gasteiger partial charge in [0.2, 0.25) is 0 Å². The number of ether oxygens (including phenoxy) is 1.